The number of unbranched alkanes of at least 4 members (excludes halogenated alkanes) is 7. The van der Waals surface area contributed by atoms with Crippen LogP contribution in [0.3, 0.4) is 0 Å². The fourth-order valence-electron chi connectivity index (χ4n) is 3.80. The van der Waals surface area contributed by atoms with Crippen molar-refractivity contribution < 1.29 is 4.79 Å². The number of ketones is 1. The summed E-state index contributed by atoms with van der Waals surface area (Å²) in [6, 6.07) is 13.4. The lowest BCUT2D eigenvalue weighted by Crippen LogP contribution is -2.05. The molecule has 0 aliphatic heterocycles. The molecule has 0 amide bonds. The summed E-state index contributed by atoms with van der Waals surface area (Å²) in [5, 5.41) is 6.79. The summed E-state index contributed by atoms with van der Waals surface area (Å²) in [6.45, 7) is 2.74. The maximum absolute atomic E-state index is 12.9. The van der Waals surface area contributed by atoms with Gasteiger partial charge in [0.2, 0.25) is 0 Å². The Hall–Kier alpha value is -1.84. The average molecular weight is 445 g/mol. The quantitative estimate of drug-likeness (QED) is 0.208. The molecule has 3 nitrogen and oxygen atoms in total. The lowest BCUT2D eigenvalue weighted by Gasteiger charge is -2.06. The van der Waals surface area contributed by atoms with Gasteiger partial charge in [0.05, 0.1) is 12.1 Å². The van der Waals surface area contributed by atoms with Gasteiger partial charge in [0.25, 0.3) is 0 Å². The van der Waals surface area contributed by atoms with Crippen molar-refractivity contribution in [2.45, 2.75) is 71.3 Å². The van der Waals surface area contributed by atoms with Crippen LogP contribution in [0.25, 0.3) is 10.9 Å². The van der Waals surface area contributed by atoms with E-state index < -0.39 is 0 Å². The van der Waals surface area contributed by atoms with Crippen LogP contribution in [0.2, 0.25) is 10.0 Å². The zero-order valence-electron chi connectivity index (χ0n) is 17.7. The molecule has 3 aromatic rings. The van der Waals surface area contributed by atoms with E-state index in [1.165, 1.54) is 38.5 Å². The van der Waals surface area contributed by atoms with Crippen LogP contribution in [0.1, 0.15) is 80.8 Å². The molecule has 3 rings (SSSR count). The Morgan fingerprint density at radius 1 is 0.933 bits per heavy atom. The highest BCUT2D eigenvalue weighted by Crippen LogP contribution is 2.25. The van der Waals surface area contributed by atoms with E-state index >= 15 is 0 Å². The molecule has 5 heteroatoms. The summed E-state index contributed by atoms with van der Waals surface area (Å²) >= 11 is 12.4. The van der Waals surface area contributed by atoms with Crippen LogP contribution in [0, 0.1) is 0 Å². The number of nitrogens with zero attached hydrogens (tertiary/aromatic N) is 2. The van der Waals surface area contributed by atoms with E-state index in [0.717, 1.165) is 29.3 Å². The van der Waals surface area contributed by atoms with E-state index in [2.05, 4.69) is 12.0 Å². The van der Waals surface area contributed by atoms with Gasteiger partial charge in [-0.3, -0.25) is 9.48 Å². The highest BCUT2D eigenvalue weighted by molar-refractivity contribution is 6.35. The predicted octanol–water partition coefficient (Wildman–Crippen LogP) is 8.10. The Morgan fingerprint density at radius 3 is 2.37 bits per heavy atom. The molecular weight excluding hydrogens is 415 g/mol. The number of fused-ring (bicyclic) bond motifs is 1. The summed E-state index contributed by atoms with van der Waals surface area (Å²) in [5.41, 5.74) is 2.44. The summed E-state index contributed by atoms with van der Waals surface area (Å²) in [5.74, 6) is 0.123. The molecule has 0 aliphatic rings. The number of hydrogen-bond donors (Lipinski definition) is 0. The Morgan fingerprint density at radius 2 is 1.63 bits per heavy atom. The van der Waals surface area contributed by atoms with Crippen LogP contribution in [0.4, 0.5) is 0 Å². The zero-order valence-corrected chi connectivity index (χ0v) is 19.2. The molecule has 2 aromatic carbocycles. The molecule has 1 heterocycles. The van der Waals surface area contributed by atoms with Crippen molar-refractivity contribution in [3.8, 4) is 0 Å². The van der Waals surface area contributed by atoms with E-state index in [4.69, 9.17) is 23.2 Å². The Balaban J connectivity index is 1.64. The van der Waals surface area contributed by atoms with Crippen LogP contribution in [-0.2, 0) is 6.54 Å². The van der Waals surface area contributed by atoms with Crippen LogP contribution in [-0.4, -0.2) is 15.6 Å². The molecule has 0 spiro atoms. The molecule has 0 saturated heterocycles. The maximum atomic E-state index is 12.9. The highest BCUT2D eigenvalue weighted by atomic mass is 35.5. The Kier molecular flexibility index (Phi) is 8.77. The first-order valence-corrected chi connectivity index (χ1v) is 11.8. The molecule has 0 bridgehead atoms. The number of hydrogen-bond acceptors (Lipinski definition) is 2. The molecule has 160 valence electrons. The summed E-state index contributed by atoms with van der Waals surface area (Å²) in [4.78, 5) is 12.9. The molecule has 30 heavy (non-hydrogen) atoms. The standard InChI is InChI=1S/C25H30Cl2N2O/c1-2-3-4-5-6-7-8-9-14-24(30)25-21-12-10-11-13-23(21)29(28-25)18-19-15-16-20(26)17-22(19)27/h10-13,15-17H,2-9,14,18H2,1H3. The molecule has 0 atom stereocenters. The fraction of sp³-hybridized carbons (Fsp3) is 0.440. The first kappa shape index (κ1) is 22.8. The minimum absolute atomic E-state index is 0.123. The third-order valence-electron chi connectivity index (χ3n) is 5.51. The number of para-hydroxylation sites is 1. The molecule has 0 N–H and O–H groups in total. The van der Waals surface area contributed by atoms with Gasteiger partial charge in [-0.15, -0.1) is 0 Å². The Labute approximate surface area is 189 Å². The number of rotatable bonds is 12. The largest absolute Gasteiger partial charge is 0.292 e. The van der Waals surface area contributed by atoms with Gasteiger partial charge in [-0.1, -0.05) is 99.3 Å². The number of Topliss-reactive ketones (excluding diaryl/α,β-unsaturated/α-hetero) is 1. The SMILES string of the molecule is CCCCCCCCCCC(=O)c1nn(Cc2ccc(Cl)cc2Cl)c2ccccc12. The van der Waals surface area contributed by atoms with Gasteiger partial charge in [0.15, 0.2) is 5.78 Å². The van der Waals surface area contributed by atoms with Crippen molar-refractivity contribution >= 4 is 39.9 Å². The summed E-state index contributed by atoms with van der Waals surface area (Å²) in [6.07, 6.45) is 10.3. The van der Waals surface area contributed by atoms with Gasteiger partial charge in [-0.25, -0.2) is 0 Å². The van der Waals surface area contributed by atoms with E-state index in [1.54, 1.807) is 6.07 Å². The van der Waals surface area contributed by atoms with E-state index in [9.17, 15) is 4.79 Å². The number of benzene rings is 2. The van der Waals surface area contributed by atoms with Gasteiger partial charge in [0.1, 0.15) is 5.69 Å². The van der Waals surface area contributed by atoms with Crippen molar-refractivity contribution in [3.05, 3.63) is 63.8 Å². The van der Waals surface area contributed by atoms with Gasteiger partial charge >= 0.3 is 0 Å². The van der Waals surface area contributed by atoms with E-state index in [0.29, 0.717) is 28.7 Å². The van der Waals surface area contributed by atoms with Crippen molar-refractivity contribution in [2.24, 2.45) is 0 Å². The average Bonchev–Trinajstić information content (AvgIpc) is 3.10. The van der Waals surface area contributed by atoms with E-state index in [-0.39, 0.29) is 5.78 Å². The van der Waals surface area contributed by atoms with Crippen LogP contribution in [0.5, 0.6) is 0 Å². The van der Waals surface area contributed by atoms with Crippen molar-refractivity contribution in [1.82, 2.24) is 9.78 Å². The smallest absolute Gasteiger partial charge is 0.183 e. The third-order valence-corrected chi connectivity index (χ3v) is 6.10. The summed E-state index contributed by atoms with van der Waals surface area (Å²) in [7, 11) is 0. The number of aromatic nitrogens is 2. The monoisotopic (exact) mass is 444 g/mol. The number of halogens is 2. The molecule has 0 saturated carbocycles. The minimum atomic E-state index is 0.123. The maximum Gasteiger partial charge on any atom is 0.183 e. The number of carbonyl (C=O) groups is 1. The van der Waals surface area contributed by atoms with Gasteiger partial charge in [0, 0.05) is 21.9 Å². The lowest BCUT2D eigenvalue weighted by atomic mass is 10.0. The van der Waals surface area contributed by atoms with Crippen molar-refractivity contribution in [1.29, 1.82) is 0 Å². The first-order valence-electron chi connectivity index (χ1n) is 11.0. The van der Waals surface area contributed by atoms with Crippen LogP contribution < -0.4 is 0 Å². The predicted molar refractivity (Wildman–Crippen MR) is 127 cm³/mol. The zero-order chi connectivity index (χ0) is 21.3. The number of carbonyl (C=O) groups excluding carboxylic acids is 1. The van der Waals surface area contributed by atoms with Crippen molar-refractivity contribution in [3.63, 3.8) is 0 Å². The lowest BCUT2D eigenvalue weighted by molar-refractivity contribution is 0.0975. The van der Waals surface area contributed by atoms with Crippen molar-refractivity contribution in [2.75, 3.05) is 0 Å². The molecular formula is C25H30Cl2N2O. The summed E-state index contributed by atoms with van der Waals surface area (Å²) < 4.78 is 1.87. The second kappa shape index (κ2) is 11.5. The molecule has 0 fully saturated rings. The second-order valence-electron chi connectivity index (χ2n) is 7.91. The highest BCUT2D eigenvalue weighted by Gasteiger charge is 2.17. The molecule has 0 radical (unpaired) electrons. The third kappa shape index (κ3) is 6.09. The molecule has 0 unspecified atom stereocenters. The van der Waals surface area contributed by atoms with Gasteiger partial charge in [-0.2, -0.15) is 5.10 Å². The molecule has 1 aromatic heterocycles. The minimum Gasteiger partial charge on any atom is -0.292 e. The molecule has 0 aliphatic carbocycles. The Bertz CT molecular complexity index is 980. The second-order valence-corrected chi connectivity index (χ2v) is 8.75. The van der Waals surface area contributed by atoms with Gasteiger partial charge < -0.3 is 0 Å². The fourth-order valence-corrected chi connectivity index (χ4v) is 4.27. The van der Waals surface area contributed by atoms with Gasteiger partial charge in [-0.05, 0) is 30.2 Å². The first-order chi connectivity index (χ1) is 14.6. The topological polar surface area (TPSA) is 34.9 Å². The van der Waals surface area contributed by atoms with Crippen LogP contribution in [0.15, 0.2) is 42.5 Å². The van der Waals surface area contributed by atoms with Crippen LogP contribution >= 0.6 is 23.2 Å². The van der Waals surface area contributed by atoms with E-state index in [1.807, 2.05) is 41.1 Å². The normalized spacial score (nSPS) is 11.3.